The molecule has 0 spiro atoms. The number of anilines is 1. The van der Waals surface area contributed by atoms with Crippen LogP contribution in [0.2, 0.25) is 5.02 Å². The van der Waals surface area contributed by atoms with Crippen LogP contribution in [0.1, 0.15) is 37.3 Å². The van der Waals surface area contributed by atoms with E-state index in [4.69, 9.17) is 11.6 Å². The first-order chi connectivity index (χ1) is 15.7. The largest absolute Gasteiger partial charge is 0.356 e. The van der Waals surface area contributed by atoms with Gasteiger partial charge in [0, 0.05) is 48.6 Å². The summed E-state index contributed by atoms with van der Waals surface area (Å²) in [6.45, 7) is 0.888. The lowest BCUT2D eigenvalue weighted by Crippen LogP contribution is -2.53. The molecular formula is C22H24ClF2N4O3P. The second kappa shape index (κ2) is 11.0. The summed E-state index contributed by atoms with van der Waals surface area (Å²) in [7, 11) is 2.46. The number of hydrogen-bond donors (Lipinski definition) is 2. The Labute approximate surface area is 197 Å². The Morgan fingerprint density at radius 3 is 2.58 bits per heavy atom. The minimum atomic E-state index is -2.76. The topological polar surface area (TPSA) is 91.4 Å². The van der Waals surface area contributed by atoms with Gasteiger partial charge in [0.25, 0.3) is 5.92 Å². The lowest BCUT2D eigenvalue weighted by molar-refractivity contribution is -0.131. The number of nitrogens with one attached hydrogen (secondary N) is 2. The molecule has 1 saturated heterocycles. The van der Waals surface area contributed by atoms with E-state index >= 15 is 0 Å². The number of halogens is 3. The molecule has 2 aromatic rings. The third kappa shape index (κ3) is 6.68. The van der Waals surface area contributed by atoms with E-state index in [1.807, 2.05) is 0 Å². The molecule has 2 fully saturated rings. The first kappa shape index (κ1) is 25.0. The molecule has 1 aromatic heterocycles. The Hall–Kier alpha value is -2.64. The van der Waals surface area contributed by atoms with Gasteiger partial charge in [-0.2, -0.15) is 0 Å². The lowest BCUT2D eigenvalue weighted by atomic mass is 9.88. The summed E-state index contributed by atoms with van der Waals surface area (Å²) >= 11 is 6.25. The van der Waals surface area contributed by atoms with Gasteiger partial charge in [-0.3, -0.25) is 24.3 Å². The van der Waals surface area contributed by atoms with Crippen LogP contribution in [-0.2, 0) is 14.4 Å². The third-order valence-corrected chi connectivity index (χ3v) is 5.88. The Morgan fingerprint density at radius 1 is 1.33 bits per heavy atom. The molecule has 11 heteroatoms. The molecule has 1 saturated carbocycles. The Balaban J connectivity index is 0.000000442. The van der Waals surface area contributed by atoms with Crippen molar-refractivity contribution in [2.24, 2.45) is 0 Å². The summed E-state index contributed by atoms with van der Waals surface area (Å²) in [4.78, 5) is 40.1. The highest BCUT2D eigenvalue weighted by molar-refractivity contribution is 7.27. The number of amides is 3. The first-order valence-electron chi connectivity index (χ1n) is 10.3. The van der Waals surface area contributed by atoms with Crippen molar-refractivity contribution in [3.8, 4) is 0 Å². The van der Waals surface area contributed by atoms with Gasteiger partial charge >= 0.3 is 0 Å². The highest BCUT2D eigenvalue weighted by atomic mass is 35.5. The molecule has 1 aliphatic heterocycles. The highest BCUT2D eigenvalue weighted by Gasteiger charge is 2.47. The van der Waals surface area contributed by atoms with E-state index in [0.29, 0.717) is 22.7 Å². The summed E-state index contributed by atoms with van der Waals surface area (Å²) in [6.07, 6.45) is 4.45. The average Bonchev–Trinajstić information content (AvgIpc) is 3.22. The molecule has 2 N–H and O–H groups in total. The zero-order valence-electron chi connectivity index (χ0n) is 17.6. The quantitative estimate of drug-likeness (QED) is 0.475. The van der Waals surface area contributed by atoms with Gasteiger partial charge in [-0.05, 0) is 23.9 Å². The standard InChI is InChI=1S/C18H17ClF2N3O2P.C4H7NO/c19-15-4-2-1-3-14(15)16(17(26)23-11-6-18(20,21)7-11)24(10-25)12-5-13(27)9-22-8-12;6-4-2-1-3-5-4/h1-5,8-11,16H,6-7,27H2,(H,23,26);1-3H2,(H,5,6)/t16-;/m1./s1. The second-order valence-electron chi connectivity index (χ2n) is 7.84. The fraction of sp³-hybridized carbons (Fsp3) is 0.364. The number of alkyl halides is 2. The molecule has 3 amide bonds. The molecule has 7 nitrogen and oxygen atoms in total. The molecule has 176 valence electrons. The van der Waals surface area contributed by atoms with E-state index in [1.54, 1.807) is 36.5 Å². The third-order valence-electron chi connectivity index (χ3n) is 5.22. The second-order valence-corrected chi connectivity index (χ2v) is 8.91. The van der Waals surface area contributed by atoms with E-state index in [1.165, 1.54) is 11.1 Å². The maximum Gasteiger partial charge on any atom is 0.252 e. The molecule has 0 bridgehead atoms. The van der Waals surface area contributed by atoms with Crippen LogP contribution in [0.3, 0.4) is 0 Å². The zero-order chi connectivity index (χ0) is 24.0. The van der Waals surface area contributed by atoms with Crippen molar-refractivity contribution < 1.29 is 23.2 Å². The molecular weight excluding hydrogens is 473 g/mol. The zero-order valence-corrected chi connectivity index (χ0v) is 19.6. The molecule has 2 atom stereocenters. The minimum absolute atomic E-state index is 0.204. The Bertz CT molecular complexity index is 1010. The predicted molar refractivity (Wildman–Crippen MR) is 125 cm³/mol. The molecule has 2 aliphatic rings. The van der Waals surface area contributed by atoms with Gasteiger partial charge in [-0.15, -0.1) is 9.24 Å². The fourth-order valence-electron chi connectivity index (χ4n) is 3.58. The lowest BCUT2D eigenvalue weighted by Gasteiger charge is -2.37. The van der Waals surface area contributed by atoms with Crippen molar-refractivity contribution in [3.63, 3.8) is 0 Å². The van der Waals surface area contributed by atoms with Crippen LogP contribution in [0, 0.1) is 0 Å². The van der Waals surface area contributed by atoms with Gasteiger partial charge < -0.3 is 10.6 Å². The number of nitrogens with zero attached hydrogens (tertiary/aromatic N) is 2. The Kier molecular flexibility index (Phi) is 8.32. The van der Waals surface area contributed by atoms with Gasteiger partial charge in [0.2, 0.25) is 18.2 Å². The molecule has 0 radical (unpaired) electrons. The number of carbonyl (C=O) groups excluding carboxylic acids is 3. The van der Waals surface area contributed by atoms with Crippen molar-refractivity contribution in [2.75, 3.05) is 11.4 Å². The summed E-state index contributed by atoms with van der Waals surface area (Å²) < 4.78 is 26.2. The van der Waals surface area contributed by atoms with Crippen LogP contribution in [0.5, 0.6) is 0 Å². The van der Waals surface area contributed by atoms with Crippen molar-refractivity contribution in [1.29, 1.82) is 0 Å². The van der Waals surface area contributed by atoms with Gasteiger partial charge in [-0.1, -0.05) is 29.8 Å². The van der Waals surface area contributed by atoms with Crippen LogP contribution in [0.15, 0.2) is 42.7 Å². The first-order valence-corrected chi connectivity index (χ1v) is 11.3. The van der Waals surface area contributed by atoms with E-state index in [-0.39, 0.29) is 5.91 Å². The fourth-order valence-corrected chi connectivity index (χ4v) is 4.08. The van der Waals surface area contributed by atoms with Crippen molar-refractivity contribution in [2.45, 2.75) is 43.7 Å². The molecule has 1 aromatic carbocycles. The van der Waals surface area contributed by atoms with E-state index in [9.17, 15) is 23.2 Å². The van der Waals surface area contributed by atoms with Gasteiger partial charge in [0.1, 0.15) is 6.04 Å². The average molecular weight is 497 g/mol. The number of benzene rings is 1. The minimum Gasteiger partial charge on any atom is -0.356 e. The molecule has 1 aliphatic carbocycles. The molecule has 4 rings (SSSR count). The van der Waals surface area contributed by atoms with Crippen LogP contribution < -0.4 is 20.8 Å². The van der Waals surface area contributed by atoms with Gasteiger partial charge in [-0.25, -0.2) is 8.78 Å². The summed E-state index contributed by atoms with van der Waals surface area (Å²) in [5, 5.41) is 6.28. The van der Waals surface area contributed by atoms with Crippen LogP contribution in [-0.4, -0.2) is 41.7 Å². The van der Waals surface area contributed by atoms with E-state index < -0.39 is 36.8 Å². The number of pyridine rings is 1. The number of carbonyl (C=O) groups is 3. The molecule has 2 heterocycles. The number of rotatable bonds is 6. The maximum absolute atomic E-state index is 13.1. The van der Waals surface area contributed by atoms with Crippen molar-refractivity contribution >= 4 is 50.1 Å². The predicted octanol–water partition coefficient (Wildman–Crippen LogP) is 2.75. The maximum atomic E-state index is 13.1. The van der Waals surface area contributed by atoms with Crippen molar-refractivity contribution in [3.05, 3.63) is 53.3 Å². The number of aromatic nitrogens is 1. The molecule has 33 heavy (non-hydrogen) atoms. The summed E-state index contributed by atoms with van der Waals surface area (Å²) in [6, 6.07) is 6.52. The van der Waals surface area contributed by atoms with E-state index in [2.05, 4.69) is 24.9 Å². The van der Waals surface area contributed by atoms with Crippen LogP contribution in [0.25, 0.3) is 0 Å². The summed E-state index contributed by atoms with van der Waals surface area (Å²) in [5.41, 5.74) is 0.778. The SMILES string of the molecule is O=C1CCCN1.O=CN(c1cncc(P)c1)[C@@H](C(=O)NC1CC(F)(F)C1)c1ccccc1Cl. The van der Waals surface area contributed by atoms with Gasteiger partial charge in [0.15, 0.2) is 0 Å². The smallest absolute Gasteiger partial charge is 0.252 e. The van der Waals surface area contributed by atoms with E-state index in [0.717, 1.165) is 24.7 Å². The normalized spacial score (nSPS) is 17.6. The van der Waals surface area contributed by atoms with Gasteiger partial charge in [0.05, 0.1) is 11.9 Å². The van der Waals surface area contributed by atoms with Crippen LogP contribution in [0.4, 0.5) is 14.5 Å². The summed E-state index contributed by atoms with van der Waals surface area (Å²) in [5.74, 6) is -3.14. The molecule has 1 unspecified atom stereocenters. The highest BCUT2D eigenvalue weighted by Crippen LogP contribution is 2.38. The number of hydrogen-bond acceptors (Lipinski definition) is 4. The van der Waals surface area contributed by atoms with Crippen molar-refractivity contribution in [1.82, 2.24) is 15.6 Å². The Morgan fingerprint density at radius 2 is 2.06 bits per heavy atom. The van der Waals surface area contributed by atoms with Crippen LogP contribution >= 0.6 is 20.8 Å². The monoisotopic (exact) mass is 496 g/mol.